The third-order valence-corrected chi connectivity index (χ3v) is 1.73. The van der Waals surface area contributed by atoms with E-state index in [2.05, 4.69) is 4.43 Å². The number of carbonyl (C=O) groups excluding carboxylic acids is 1. The summed E-state index contributed by atoms with van der Waals surface area (Å²) in [5.74, 6) is -0.319. The van der Waals surface area contributed by atoms with Gasteiger partial charge in [-0.1, -0.05) is 0 Å². The van der Waals surface area contributed by atoms with Gasteiger partial charge in [0.2, 0.25) is 10.5 Å². The highest BCUT2D eigenvalue weighted by molar-refractivity contribution is 6.09. The number of ether oxygens (including phenoxy) is 2. The highest BCUT2D eigenvalue weighted by atomic mass is 28.2. The fourth-order valence-electron chi connectivity index (χ4n) is 0.665. The Bertz CT molecular complexity index is 174. The molecule has 0 saturated carbocycles. The van der Waals surface area contributed by atoms with Crippen molar-refractivity contribution in [2.24, 2.45) is 0 Å². The summed E-state index contributed by atoms with van der Waals surface area (Å²) in [5.41, 5.74) is 0.499. The van der Waals surface area contributed by atoms with E-state index < -0.39 is 6.29 Å². The summed E-state index contributed by atoms with van der Waals surface area (Å²) in [6.45, 7) is 1.66. The van der Waals surface area contributed by atoms with Crippen LogP contribution in [0, 0.1) is 0 Å². The fourth-order valence-corrected chi connectivity index (χ4v) is 0.987. The van der Waals surface area contributed by atoms with Crippen LogP contribution in [0.3, 0.4) is 0 Å². The molecule has 0 aromatic heterocycles. The number of carbonyl (C=O) groups is 1. The first-order valence-electron chi connectivity index (χ1n) is 3.48. The summed E-state index contributed by atoms with van der Waals surface area (Å²) < 4.78 is 14.4. The number of methoxy groups -OCH3 is 2. The van der Waals surface area contributed by atoms with Crippen molar-refractivity contribution in [2.45, 2.75) is 13.2 Å². The minimum absolute atomic E-state index is 0.319. The molecular weight excluding hydrogens is 176 g/mol. The van der Waals surface area contributed by atoms with Crippen LogP contribution >= 0.6 is 0 Å². The van der Waals surface area contributed by atoms with Gasteiger partial charge in [0.05, 0.1) is 0 Å². The zero-order chi connectivity index (χ0) is 9.56. The van der Waals surface area contributed by atoms with Crippen LogP contribution in [0.5, 0.6) is 0 Å². The Balaban J connectivity index is 4.21. The maximum atomic E-state index is 10.9. The Morgan fingerprint density at radius 1 is 1.42 bits per heavy atom. The zero-order valence-corrected chi connectivity index (χ0v) is 9.79. The van der Waals surface area contributed by atoms with E-state index in [9.17, 15) is 4.79 Å². The van der Waals surface area contributed by atoms with Gasteiger partial charge in [0.1, 0.15) is 0 Å². The summed E-state index contributed by atoms with van der Waals surface area (Å²) in [6, 6.07) is 0. The molecule has 0 radical (unpaired) electrons. The lowest BCUT2D eigenvalue weighted by atomic mass is 10.3. The van der Waals surface area contributed by atoms with Crippen LogP contribution in [0.1, 0.15) is 6.92 Å². The van der Waals surface area contributed by atoms with Crippen molar-refractivity contribution in [1.82, 2.24) is 0 Å². The maximum Gasteiger partial charge on any atom is 0.319 e. The van der Waals surface area contributed by atoms with Crippen molar-refractivity contribution in [3.05, 3.63) is 11.6 Å². The molecule has 0 fully saturated rings. The van der Waals surface area contributed by atoms with E-state index in [0.29, 0.717) is 16.1 Å². The molecule has 4 nitrogen and oxygen atoms in total. The Kier molecular flexibility index (Phi) is 5.61. The molecule has 0 aliphatic carbocycles. The monoisotopic (exact) mass is 190 g/mol. The Hall–Kier alpha value is -0.653. The predicted molar refractivity (Wildman–Crippen MR) is 47.6 cm³/mol. The standard InChI is InChI=1S/C7H14O4Si/c1-5(7(8)11-12)4-6(9-2)10-3/h4,6H,1-3,12H3. The molecule has 0 unspecified atom stereocenters. The van der Waals surface area contributed by atoms with E-state index in [1.165, 1.54) is 14.2 Å². The van der Waals surface area contributed by atoms with Crippen LogP contribution in [0.2, 0.25) is 0 Å². The normalized spacial score (nSPS) is 12.2. The molecule has 0 heterocycles. The molecule has 0 aromatic carbocycles. The topological polar surface area (TPSA) is 44.8 Å². The van der Waals surface area contributed by atoms with Gasteiger partial charge < -0.3 is 13.9 Å². The minimum atomic E-state index is -0.481. The second kappa shape index (κ2) is 5.93. The molecular formula is C7H14O4Si. The van der Waals surface area contributed by atoms with E-state index in [4.69, 9.17) is 9.47 Å². The molecule has 70 valence electrons. The maximum absolute atomic E-state index is 10.9. The Morgan fingerprint density at radius 3 is 2.25 bits per heavy atom. The average molecular weight is 190 g/mol. The van der Waals surface area contributed by atoms with Gasteiger partial charge in [-0.3, -0.25) is 0 Å². The van der Waals surface area contributed by atoms with Crippen LogP contribution < -0.4 is 0 Å². The quantitative estimate of drug-likeness (QED) is 0.336. The first kappa shape index (κ1) is 11.3. The zero-order valence-electron chi connectivity index (χ0n) is 7.79. The predicted octanol–water partition coefficient (Wildman–Crippen LogP) is -0.625. The summed E-state index contributed by atoms with van der Waals surface area (Å²) in [4.78, 5) is 10.9. The van der Waals surface area contributed by atoms with Gasteiger partial charge in [-0.2, -0.15) is 0 Å². The Labute approximate surface area is 75.0 Å². The molecule has 0 saturated heterocycles. The third-order valence-electron chi connectivity index (χ3n) is 1.36. The highest BCUT2D eigenvalue weighted by Gasteiger charge is 2.06. The first-order chi connectivity index (χ1) is 5.65. The summed E-state index contributed by atoms with van der Waals surface area (Å²) in [6.07, 6.45) is 1.09. The second-order valence-corrected chi connectivity index (χ2v) is 2.59. The largest absolute Gasteiger partial charge is 0.526 e. The molecule has 12 heavy (non-hydrogen) atoms. The molecule has 0 spiro atoms. The molecule has 0 rings (SSSR count). The van der Waals surface area contributed by atoms with Crippen LogP contribution in [0.4, 0.5) is 0 Å². The highest BCUT2D eigenvalue weighted by Crippen LogP contribution is 2.01. The van der Waals surface area contributed by atoms with Gasteiger partial charge in [-0.05, 0) is 13.0 Å². The van der Waals surface area contributed by atoms with E-state index in [0.717, 1.165) is 0 Å². The SMILES string of the molecule is COC(C=C(C)C(=O)O[SiH3])OC. The molecule has 0 aromatic rings. The van der Waals surface area contributed by atoms with Crippen molar-refractivity contribution in [1.29, 1.82) is 0 Å². The van der Waals surface area contributed by atoms with E-state index in [1.807, 2.05) is 0 Å². The van der Waals surface area contributed by atoms with Gasteiger partial charge in [0.25, 0.3) is 0 Å². The van der Waals surface area contributed by atoms with Crippen LogP contribution in [-0.4, -0.2) is 37.0 Å². The van der Waals surface area contributed by atoms with Crippen LogP contribution in [-0.2, 0) is 18.7 Å². The van der Waals surface area contributed by atoms with Gasteiger partial charge in [-0.25, -0.2) is 4.79 Å². The number of hydrogen-bond acceptors (Lipinski definition) is 4. The van der Waals surface area contributed by atoms with Gasteiger partial charge in [0, 0.05) is 19.8 Å². The van der Waals surface area contributed by atoms with Crippen molar-refractivity contribution >= 4 is 16.5 Å². The number of hydrogen-bond donors (Lipinski definition) is 0. The lowest BCUT2D eigenvalue weighted by Gasteiger charge is -2.09. The second-order valence-electron chi connectivity index (χ2n) is 2.18. The fraction of sp³-hybridized carbons (Fsp3) is 0.571. The molecule has 0 aliphatic rings. The molecule has 0 bridgehead atoms. The molecule has 0 N–H and O–H groups in total. The Morgan fingerprint density at radius 2 is 1.92 bits per heavy atom. The van der Waals surface area contributed by atoms with E-state index in [1.54, 1.807) is 13.0 Å². The molecule has 5 heteroatoms. The van der Waals surface area contributed by atoms with Crippen LogP contribution in [0.25, 0.3) is 0 Å². The minimum Gasteiger partial charge on any atom is -0.526 e. The third kappa shape index (κ3) is 3.66. The van der Waals surface area contributed by atoms with Gasteiger partial charge in [-0.15, -0.1) is 0 Å². The van der Waals surface area contributed by atoms with Crippen molar-refractivity contribution < 1.29 is 18.7 Å². The summed E-state index contributed by atoms with van der Waals surface area (Å²) in [7, 11) is 3.41. The number of rotatable bonds is 4. The first-order valence-corrected chi connectivity index (χ1v) is 4.29. The lowest BCUT2D eigenvalue weighted by Crippen LogP contribution is -2.12. The smallest absolute Gasteiger partial charge is 0.319 e. The van der Waals surface area contributed by atoms with Gasteiger partial charge >= 0.3 is 5.97 Å². The molecule has 0 atom stereocenters. The van der Waals surface area contributed by atoms with Crippen molar-refractivity contribution in [3.63, 3.8) is 0 Å². The van der Waals surface area contributed by atoms with Crippen molar-refractivity contribution in [3.8, 4) is 0 Å². The van der Waals surface area contributed by atoms with E-state index in [-0.39, 0.29) is 5.97 Å². The van der Waals surface area contributed by atoms with Gasteiger partial charge in [0.15, 0.2) is 6.29 Å². The molecule has 0 aliphatic heterocycles. The average Bonchev–Trinajstić information content (AvgIpc) is 2.12. The van der Waals surface area contributed by atoms with E-state index >= 15 is 0 Å². The summed E-state index contributed by atoms with van der Waals surface area (Å²) >= 11 is 0. The van der Waals surface area contributed by atoms with Crippen molar-refractivity contribution in [2.75, 3.05) is 14.2 Å². The van der Waals surface area contributed by atoms with Crippen LogP contribution in [0.15, 0.2) is 11.6 Å². The lowest BCUT2D eigenvalue weighted by molar-refractivity contribution is -0.130. The summed E-state index contributed by atoms with van der Waals surface area (Å²) in [5, 5.41) is 0. The molecule has 0 amide bonds.